The van der Waals surface area contributed by atoms with Crippen LogP contribution in [0.15, 0.2) is 0 Å². The second-order valence-electron chi connectivity index (χ2n) is 4.95. The molecule has 0 fully saturated rings. The highest BCUT2D eigenvalue weighted by molar-refractivity contribution is 6.14. The van der Waals surface area contributed by atoms with Crippen LogP contribution in [-0.2, 0) is 11.3 Å². The molecular weight excluding hydrogens is 322 g/mol. The molecule has 0 aliphatic heterocycles. The van der Waals surface area contributed by atoms with E-state index < -0.39 is 46.4 Å². The van der Waals surface area contributed by atoms with Gasteiger partial charge in [0.25, 0.3) is 0 Å². The summed E-state index contributed by atoms with van der Waals surface area (Å²) < 4.78 is 5.83. The van der Waals surface area contributed by atoms with E-state index in [0.717, 1.165) is 17.4 Å². The van der Waals surface area contributed by atoms with E-state index in [1.807, 2.05) is 6.92 Å². The number of esters is 1. The van der Waals surface area contributed by atoms with Crippen LogP contribution in [0.1, 0.15) is 74.8 Å². The predicted molar refractivity (Wildman–Crippen MR) is 80.8 cm³/mol. The fraction of sp³-hybridized carbons (Fsp3) is 0.467. The summed E-state index contributed by atoms with van der Waals surface area (Å²) in [5.74, 6) is -6.14. The van der Waals surface area contributed by atoms with Gasteiger partial charge < -0.3 is 24.6 Å². The van der Waals surface area contributed by atoms with Crippen molar-refractivity contribution in [2.45, 2.75) is 39.7 Å². The van der Waals surface area contributed by atoms with Crippen LogP contribution >= 0.6 is 0 Å². The van der Waals surface area contributed by atoms with E-state index in [0.29, 0.717) is 6.42 Å². The first-order chi connectivity index (χ1) is 11.3. The molecule has 0 aliphatic carbocycles. The van der Waals surface area contributed by atoms with Gasteiger partial charge in [-0.2, -0.15) is 0 Å². The van der Waals surface area contributed by atoms with Gasteiger partial charge in [0.05, 0.1) is 6.61 Å². The highest BCUT2D eigenvalue weighted by Crippen LogP contribution is 2.25. The van der Waals surface area contributed by atoms with Crippen molar-refractivity contribution in [3.63, 3.8) is 0 Å². The number of carbonyl (C=O) groups is 4. The summed E-state index contributed by atoms with van der Waals surface area (Å²) in [5.41, 5.74) is -3.14. The molecule has 1 rings (SSSR count). The van der Waals surface area contributed by atoms with E-state index in [9.17, 15) is 34.5 Å². The Morgan fingerprint density at radius 3 is 1.83 bits per heavy atom. The second-order valence-corrected chi connectivity index (χ2v) is 4.95. The zero-order chi connectivity index (χ0) is 18.4. The molecule has 0 amide bonds. The molecule has 1 aromatic rings. The first kappa shape index (κ1) is 19.2. The van der Waals surface area contributed by atoms with Gasteiger partial charge in [0, 0.05) is 6.54 Å². The van der Waals surface area contributed by atoms with Crippen LogP contribution in [0.4, 0.5) is 0 Å². The Kier molecular flexibility index (Phi) is 6.51. The fourth-order valence-electron chi connectivity index (χ4n) is 2.37. The third-order valence-corrected chi connectivity index (χ3v) is 3.38. The minimum atomic E-state index is -1.74. The van der Waals surface area contributed by atoms with Crippen molar-refractivity contribution in [3.8, 4) is 0 Å². The SMILES string of the molecule is CCCCCOC(=O)c1c(C(=O)O)c(C(=O)O)c(C(=O)O)n1CC. The monoisotopic (exact) mass is 341 g/mol. The molecule has 1 heterocycles. The molecule has 0 unspecified atom stereocenters. The minimum absolute atomic E-state index is 0.0332. The number of hydrogen-bond acceptors (Lipinski definition) is 5. The third-order valence-electron chi connectivity index (χ3n) is 3.38. The van der Waals surface area contributed by atoms with E-state index in [2.05, 4.69) is 0 Å². The molecule has 0 atom stereocenters. The summed E-state index contributed by atoms with van der Waals surface area (Å²) in [6, 6.07) is 0. The molecule has 9 nitrogen and oxygen atoms in total. The third kappa shape index (κ3) is 3.73. The zero-order valence-electron chi connectivity index (χ0n) is 13.4. The van der Waals surface area contributed by atoms with Gasteiger partial charge in [0.1, 0.15) is 22.5 Å². The number of unbranched alkanes of at least 4 members (excludes halogenated alkanes) is 2. The molecule has 0 aliphatic rings. The fourth-order valence-corrected chi connectivity index (χ4v) is 2.37. The molecule has 24 heavy (non-hydrogen) atoms. The van der Waals surface area contributed by atoms with Crippen LogP contribution in [0.5, 0.6) is 0 Å². The maximum absolute atomic E-state index is 12.2. The molecule has 0 aromatic carbocycles. The normalized spacial score (nSPS) is 10.4. The van der Waals surface area contributed by atoms with Gasteiger partial charge in [0.15, 0.2) is 0 Å². The number of nitrogens with zero attached hydrogens (tertiary/aromatic N) is 1. The van der Waals surface area contributed by atoms with Crippen molar-refractivity contribution in [3.05, 3.63) is 22.5 Å². The number of carbonyl (C=O) groups excluding carboxylic acids is 1. The van der Waals surface area contributed by atoms with Gasteiger partial charge in [-0.1, -0.05) is 19.8 Å². The Hall–Kier alpha value is -2.84. The lowest BCUT2D eigenvalue weighted by Gasteiger charge is -2.09. The molecule has 0 spiro atoms. The Labute approximate surface area is 137 Å². The van der Waals surface area contributed by atoms with Crippen molar-refractivity contribution in [2.75, 3.05) is 6.61 Å². The lowest BCUT2D eigenvalue weighted by Crippen LogP contribution is -2.18. The first-order valence-electron chi connectivity index (χ1n) is 7.41. The summed E-state index contributed by atoms with van der Waals surface area (Å²) in [7, 11) is 0. The maximum atomic E-state index is 12.2. The van der Waals surface area contributed by atoms with Crippen molar-refractivity contribution in [1.82, 2.24) is 4.57 Å². The number of rotatable bonds is 9. The van der Waals surface area contributed by atoms with Crippen LogP contribution < -0.4 is 0 Å². The summed E-state index contributed by atoms with van der Waals surface area (Å²) in [4.78, 5) is 46.4. The Bertz CT molecular complexity index is 674. The highest BCUT2D eigenvalue weighted by atomic mass is 16.5. The molecule has 0 bridgehead atoms. The standard InChI is InChI=1S/C15H19NO8/c1-3-5-6-7-24-15(23)11-9(13(19)20)8(12(17)18)10(14(21)22)16(11)4-2/h3-7H2,1-2H3,(H,17,18)(H,19,20)(H,21,22). The summed E-state index contributed by atoms with van der Waals surface area (Å²) in [6.45, 7) is 3.35. The Balaban J connectivity index is 3.49. The van der Waals surface area contributed by atoms with Crippen LogP contribution in [-0.4, -0.2) is 50.4 Å². The van der Waals surface area contributed by atoms with Gasteiger partial charge in [-0.15, -0.1) is 0 Å². The Morgan fingerprint density at radius 1 is 0.875 bits per heavy atom. The van der Waals surface area contributed by atoms with Gasteiger partial charge in [-0.05, 0) is 13.3 Å². The maximum Gasteiger partial charge on any atom is 0.355 e. The van der Waals surface area contributed by atoms with Crippen molar-refractivity contribution in [1.29, 1.82) is 0 Å². The van der Waals surface area contributed by atoms with Crippen molar-refractivity contribution >= 4 is 23.9 Å². The zero-order valence-corrected chi connectivity index (χ0v) is 13.4. The lowest BCUT2D eigenvalue weighted by molar-refractivity contribution is 0.0475. The number of ether oxygens (including phenoxy) is 1. The highest BCUT2D eigenvalue weighted by Gasteiger charge is 2.37. The molecule has 132 valence electrons. The minimum Gasteiger partial charge on any atom is -0.478 e. The molecule has 1 aromatic heterocycles. The smallest absolute Gasteiger partial charge is 0.355 e. The van der Waals surface area contributed by atoms with Crippen LogP contribution in [0.2, 0.25) is 0 Å². The average Bonchev–Trinajstić information content (AvgIpc) is 2.87. The van der Waals surface area contributed by atoms with E-state index in [1.54, 1.807) is 0 Å². The molecule has 0 saturated carbocycles. The topological polar surface area (TPSA) is 143 Å². The van der Waals surface area contributed by atoms with E-state index in [1.165, 1.54) is 6.92 Å². The van der Waals surface area contributed by atoms with E-state index in [4.69, 9.17) is 4.74 Å². The predicted octanol–water partition coefficient (Wildman–Crippen LogP) is 1.95. The Morgan fingerprint density at radius 2 is 1.42 bits per heavy atom. The largest absolute Gasteiger partial charge is 0.478 e. The number of aromatic carboxylic acids is 3. The summed E-state index contributed by atoms with van der Waals surface area (Å²) in [6.07, 6.45) is 2.25. The summed E-state index contributed by atoms with van der Waals surface area (Å²) >= 11 is 0. The van der Waals surface area contributed by atoms with Crippen LogP contribution in [0, 0.1) is 0 Å². The number of hydrogen-bond donors (Lipinski definition) is 3. The van der Waals surface area contributed by atoms with Gasteiger partial charge in [-0.25, -0.2) is 19.2 Å². The molecule has 0 saturated heterocycles. The number of aromatic nitrogens is 1. The van der Waals surface area contributed by atoms with Crippen LogP contribution in [0.25, 0.3) is 0 Å². The number of carboxylic acid groups (broad SMARTS) is 3. The first-order valence-corrected chi connectivity index (χ1v) is 7.41. The quantitative estimate of drug-likeness (QED) is 0.457. The average molecular weight is 341 g/mol. The van der Waals surface area contributed by atoms with Crippen molar-refractivity contribution < 1.29 is 39.2 Å². The molecule has 9 heteroatoms. The van der Waals surface area contributed by atoms with E-state index >= 15 is 0 Å². The molecule has 0 radical (unpaired) electrons. The van der Waals surface area contributed by atoms with Gasteiger partial charge >= 0.3 is 23.9 Å². The van der Waals surface area contributed by atoms with Crippen molar-refractivity contribution in [2.24, 2.45) is 0 Å². The lowest BCUT2D eigenvalue weighted by atomic mass is 10.1. The van der Waals surface area contributed by atoms with Gasteiger partial charge in [0.2, 0.25) is 0 Å². The van der Waals surface area contributed by atoms with Crippen LogP contribution in [0.3, 0.4) is 0 Å². The summed E-state index contributed by atoms with van der Waals surface area (Å²) in [5, 5.41) is 27.7. The molecular formula is C15H19NO8. The van der Waals surface area contributed by atoms with Gasteiger partial charge in [-0.3, -0.25) is 0 Å². The number of carboxylic acids is 3. The van der Waals surface area contributed by atoms with E-state index in [-0.39, 0.29) is 13.2 Å². The second kappa shape index (κ2) is 8.14. The molecule has 3 N–H and O–H groups in total.